The zero-order chi connectivity index (χ0) is 10.8. The monoisotopic (exact) mass is 211 g/mol. The molecular formula is C10H10FNO3. The van der Waals surface area contributed by atoms with Gasteiger partial charge in [-0.2, -0.15) is 0 Å². The van der Waals surface area contributed by atoms with Gasteiger partial charge in [-0.25, -0.2) is 9.18 Å². The van der Waals surface area contributed by atoms with Crippen molar-refractivity contribution >= 4 is 6.09 Å². The molecule has 1 N–H and O–H groups in total. The first-order valence-electron chi connectivity index (χ1n) is 4.47. The van der Waals surface area contributed by atoms with Crippen molar-refractivity contribution < 1.29 is 18.7 Å². The van der Waals surface area contributed by atoms with Crippen molar-refractivity contribution in [3.05, 3.63) is 29.6 Å². The van der Waals surface area contributed by atoms with E-state index in [0.717, 1.165) is 0 Å². The van der Waals surface area contributed by atoms with E-state index >= 15 is 0 Å². The number of alkyl carbamates (subject to hydrolysis) is 1. The van der Waals surface area contributed by atoms with Gasteiger partial charge in [0.25, 0.3) is 0 Å². The van der Waals surface area contributed by atoms with Crippen molar-refractivity contribution in [1.29, 1.82) is 0 Å². The lowest BCUT2D eigenvalue weighted by molar-refractivity contribution is 0.177. The highest BCUT2D eigenvalue weighted by molar-refractivity contribution is 5.70. The fourth-order valence-electron chi connectivity index (χ4n) is 1.53. The molecule has 0 unspecified atom stereocenters. The van der Waals surface area contributed by atoms with Crippen LogP contribution in [0.25, 0.3) is 0 Å². The number of benzene rings is 1. The molecular weight excluding hydrogens is 201 g/mol. The van der Waals surface area contributed by atoms with Gasteiger partial charge in [-0.3, -0.25) is 0 Å². The molecule has 1 aromatic rings. The van der Waals surface area contributed by atoms with Gasteiger partial charge in [-0.15, -0.1) is 0 Å². The molecule has 1 aliphatic rings. The molecule has 0 bridgehead atoms. The number of amides is 1. The second kappa shape index (κ2) is 3.76. The van der Waals surface area contributed by atoms with Gasteiger partial charge in [0.2, 0.25) is 0 Å². The third-order valence-electron chi connectivity index (χ3n) is 2.24. The number of halogens is 1. The zero-order valence-corrected chi connectivity index (χ0v) is 8.12. The van der Waals surface area contributed by atoms with Crippen LogP contribution in [0.1, 0.15) is 11.6 Å². The van der Waals surface area contributed by atoms with Crippen LogP contribution in [0, 0.1) is 5.82 Å². The lowest BCUT2D eigenvalue weighted by Gasteiger charge is -2.12. The molecule has 1 aliphatic heterocycles. The van der Waals surface area contributed by atoms with Gasteiger partial charge in [-0.1, -0.05) is 0 Å². The second-order valence-corrected chi connectivity index (χ2v) is 3.18. The van der Waals surface area contributed by atoms with Crippen LogP contribution in [0.4, 0.5) is 9.18 Å². The third-order valence-corrected chi connectivity index (χ3v) is 2.24. The van der Waals surface area contributed by atoms with E-state index in [1.54, 1.807) is 0 Å². The van der Waals surface area contributed by atoms with E-state index in [0.29, 0.717) is 11.3 Å². The quantitative estimate of drug-likeness (QED) is 0.808. The molecule has 4 nitrogen and oxygen atoms in total. The summed E-state index contributed by atoms with van der Waals surface area (Å²) >= 11 is 0. The first kappa shape index (κ1) is 9.76. The van der Waals surface area contributed by atoms with E-state index < -0.39 is 6.09 Å². The molecule has 0 aromatic heterocycles. The topological polar surface area (TPSA) is 47.6 Å². The van der Waals surface area contributed by atoms with Crippen LogP contribution in [0.3, 0.4) is 0 Å². The minimum absolute atomic E-state index is 0.193. The Kier molecular flexibility index (Phi) is 2.45. The van der Waals surface area contributed by atoms with Crippen LogP contribution < -0.4 is 10.1 Å². The van der Waals surface area contributed by atoms with E-state index in [4.69, 9.17) is 9.47 Å². The summed E-state index contributed by atoms with van der Waals surface area (Å²) in [6.45, 7) is 0.193. The average Bonchev–Trinajstić information content (AvgIpc) is 2.65. The zero-order valence-electron chi connectivity index (χ0n) is 8.12. The summed E-state index contributed by atoms with van der Waals surface area (Å²) in [5.74, 6) is 0.166. The third kappa shape index (κ3) is 1.86. The highest BCUT2D eigenvalue weighted by Gasteiger charge is 2.26. The van der Waals surface area contributed by atoms with Crippen LogP contribution in [0.15, 0.2) is 18.2 Å². The molecule has 15 heavy (non-hydrogen) atoms. The summed E-state index contributed by atoms with van der Waals surface area (Å²) in [7, 11) is 1.49. The van der Waals surface area contributed by atoms with Crippen molar-refractivity contribution in [3.8, 4) is 5.75 Å². The fraction of sp³-hybridized carbons (Fsp3) is 0.300. The highest BCUT2D eigenvalue weighted by atomic mass is 19.1. The largest absolute Gasteiger partial charge is 0.496 e. The molecule has 1 saturated heterocycles. The standard InChI is InChI=1S/C10H10FNO3/c1-14-9-3-2-6(11)4-7(9)8-5-15-10(13)12-8/h2-4,8H,5H2,1H3,(H,12,13)/t8-/m1/s1. The maximum Gasteiger partial charge on any atom is 0.407 e. The molecule has 0 aliphatic carbocycles. The summed E-state index contributed by atoms with van der Waals surface area (Å²) in [5.41, 5.74) is 0.586. The number of hydrogen-bond acceptors (Lipinski definition) is 3. The van der Waals surface area contributed by atoms with Crippen molar-refractivity contribution in [3.63, 3.8) is 0 Å². The maximum absolute atomic E-state index is 13.0. The molecule has 1 heterocycles. The maximum atomic E-state index is 13.0. The second-order valence-electron chi connectivity index (χ2n) is 3.18. The molecule has 1 atom stereocenters. The molecule has 1 aromatic carbocycles. The number of methoxy groups -OCH3 is 1. The first-order chi connectivity index (χ1) is 7.20. The van der Waals surface area contributed by atoms with Crippen LogP contribution in [0.5, 0.6) is 5.75 Å². The normalized spacial score (nSPS) is 19.6. The van der Waals surface area contributed by atoms with Crippen molar-refractivity contribution in [2.45, 2.75) is 6.04 Å². The molecule has 0 spiro atoms. The predicted octanol–water partition coefficient (Wildman–Crippen LogP) is 1.62. The number of ether oxygens (including phenoxy) is 2. The van der Waals surface area contributed by atoms with E-state index in [2.05, 4.69) is 5.32 Å². The van der Waals surface area contributed by atoms with E-state index in [9.17, 15) is 9.18 Å². The Morgan fingerprint density at radius 2 is 2.40 bits per heavy atom. The lowest BCUT2D eigenvalue weighted by atomic mass is 10.1. The molecule has 5 heteroatoms. The van der Waals surface area contributed by atoms with E-state index in [-0.39, 0.29) is 18.5 Å². The van der Waals surface area contributed by atoms with Gasteiger partial charge >= 0.3 is 6.09 Å². The van der Waals surface area contributed by atoms with Gasteiger partial charge in [0, 0.05) is 5.56 Å². The Bertz CT molecular complexity index is 394. The number of hydrogen-bond donors (Lipinski definition) is 1. The van der Waals surface area contributed by atoms with Gasteiger partial charge < -0.3 is 14.8 Å². The van der Waals surface area contributed by atoms with Crippen molar-refractivity contribution in [2.75, 3.05) is 13.7 Å². The van der Waals surface area contributed by atoms with Crippen LogP contribution in [0.2, 0.25) is 0 Å². The Balaban J connectivity index is 2.33. The van der Waals surface area contributed by atoms with Gasteiger partial charge in [-0.05, 0) is 18.2 Å². The average molecular weight is 211 g/mol. The molecule has 1 amide bonds. The minimum atomic E-state index is -0.494. The SMILES string of the molecule is COc1ccc(F)cc1[C@H]1COC(=O)N1. The van der Waals surface area contributed by atoms with E-state index in [1.165, 1.54) is 25.3 Å². The minimum Gasteiger partial charge on any atom is -0.496 e. The Labute approximate surface area is 86.0 Å². The molecule has 1 fully saturated rings. The summed E-state index contributed by atoms with van der Waals surface area (Å²) in [6.07, 6.45) is -0.494. The highest BCUT2D eigenvalue weighted by Crippen LogP contribution is 2.28. The smallest absolute Gasteiger partial charge is 0.407 e. The number of rotatable bonds is 2. The Morgan fingerprint density at radius 1 is 1.60 bits per heavy atom. The number of cyclic esters (lactones) is 1. The molecule has 0 radical (unpaired) electrons. The molecule has 2 rings (SSSR count). The summed E-state index contributed by atoms with van der Waals surface area (Å²) in [4.78, 5) is 10.8. The van der Waals surface area contributed by atoms with Gasteiger partial charge in [0.15, 0.2) is 0 Å². The van der Waals surface area contributed by atoms with E-state index in [1.807, 2.05) is 0 Å². The summed E-state index contributed by atoms with van der Waals surface area (Å²) in [5, 5.41) is 2.56. The number of carbonyl (C=O) groups is 1. The Morgan fingerprint density at radius 3 is 3.00 bits per heavy atom. The number of nitrogens with one attached hydrogen (secondary N) is 1. The van der Waals surface area contributed by atoms with Crippen LogP contribution in [-0.4, -0.2) is 19.8 Å². The van der Waals surface area contributed by atoms with Crippen molar-refractivity contribution in [2.24, 2.45) is 0 Å². The van der Waals surface area contributed by atoms with Crippen LogP contribution in [-0.2, 0) is 4.74 Å². The molecule has 80 valence electrons. The first-order valence-corrected chi connectivity index (χ1v) is 4.47. The summed E-state index contributed by atoms with van der Waals surface area (Å²) < 4.78 is 22.8. The predicted molar refractivity (Wildman–Crippen MR) is 50.2 cm³/mol. The summed E-state index contributed by atoms with van der Waals surface area (Å²) in [6, 6.07) is 3.82. The Hall–Kier alpha value is -1.78. The lowest BCUT2D eigenvalue weighted by Crippen LogP contribution is -2.19. The van der Waals surface area contributed by atoms with Crippen LogP contribution >= 0.6 is 0 Å². The number of carbonyl (C=O) groups excluding carboxylic acids is 1. The van der Waals surface area contributed by atoms with Gasteiger partial charge in [0.1, 0.15) is 18.2 Å². The molecule has 0 saturated carbocycles. The van der Waals surface area contributed by atoms with Gasteiger partial charge in [0.05, 0.1) is 13.2 Å². The van der Waals surface area contributed by atoms with Crippen molar-refractivity contribution in [1.82, 2.24) is 5.32 Å². The fourth-order valence-corrected chi connectivity index (χ4v) is 1.53.